The normalized spacial score (nSPS) is 24.9. The van der Waals surface area contributed by atoms with Crippen LogP contribution in [0.25, 0.3) is 0 Å². The highest BCUT2D eigenvalue weighted by atomic mass is 16.5. The predicted molar refractivity (Wildman–Crippen MR) is 71.7 cm³/mol. The van der Waals surface area contributed by atoms with Gasteiger partial charge in [-0.05, 0) is 45.4 Å². The van der Waals surface area contributed by atoms with Crippen molar-refractivity contribution in [3.63, 3.8) is 0 Å². The molecule has 0 aromatic carbocycles. The van der Waals surface area contributed by atoms with E-state index < -0.39 is 6.10 Å². The molecule has 4 nitrogen and oxygen atoms in total. The fraction of sp³-hybridized carbons (Fsp3) is 0.643. The molecule has 1 aliphatic rings. The maximum Gasteiger partial charge on any atom is 0.129 e. The minimum absolute atomic E-state index is 0.166. The number of rotatable bonds is 2. The van der Waals surface area contributed by atoms with Crippen molar-refractivity contribution in [1.82, 2.24) is 4.98 Å². The number of aliphatic hydroxyl groups excluding tert-OH is 1. The van der Waals surface area contributed by atoms with Crippen molar-refractivity contribution < 1.29 is 9.84 Å². The third-order valence-electron chi connectivity index (χ3n) is 3.15. The van der Waals surface area contributed by atoms with Gasteiger partial charge in [-0.15, -0.1) is 0 Å². The van der Waals surface area contributed by atoms with Crippen molar-refractivity contribution >= 4 is 5.82 Å². The van der Waals surface area contributed by atoms with Gasteiger partial charge in [0.1, 0.15) is 5.82 Å². The second-order valence-electron chi connectivity index (χ2n) is 5.69. The number of pyridine rings is 1. The third kappa shape index (κ3) is 3.00. The maximum atomic E-state index is 9.63. The van der Waals surface area contributed by atoms with Crippen LogP contribution < -0.4 is 4.90 Å². The van der Waals surface area contributed by atoms with E-state index in [2.05, 4.69) is 30.7 Å². The van der Waals surface area contributed by atoms with Crippen LogP contribution in [0.4, 0.5) is 5.82 Å². The average molecular weight is 250 g/mol. The number of nitrogens with zero attached hydrogens (tertiary/aromatic N) is 2. The van der Waals surface area contributed by atoms with Crippen LogP contribution in [0.1, 0.15) is 39.4 Å². The molecular formula is C14H22N2O2. The molecule has 18 heavy (non-hydrogen) atoms. The van der Waals surface area contributed by atoms with Gasteiger partial charge in [0.05, 0.1) is 17.8 Å². The molecule has 2 rings (SSSR count). The molecule has 0 saturated carbocycles. The van der Waals surface area contributed by atoms with Crippen molar-refractivity contribution in [2.24, 2.45) is 0 Å². The molecule has 2 heterocycles. The lowest BCUT2D eigenvalue weighted by Crippen LogP contribution is -2.52. The van der Waals surface area contributed by atoms with E-state index in [0.29, 0.717) is 0 Å². The van der Waals surface area contributed by atoms with E-state index in [1.165, 1.54) is 0 Å². The molecule has 0 spiro atoms. The van der Waals surface area contributed by atoms with Crippen LogP contribution in [0, 0.1) is 0 Å². The Bertz CT molecular complexity index is 418. The molecule has 1 saturated heterocycles. The van der Waals surface area contributed by atoms with Crippen LogP contribution in [0.15, 0.2) is 18.3 Å². The molecule has 1 unspecified atom stereocenters. The summed E-state index contributed by atoms with van der Waals surface area (Å²) in [6.07, 6.45) is 1.48. The lowest BCUT2D eigenvalue weighted by molar-refractivity contribution is -0.0751. The summed E-state index contributed by atoms with van der Waals surface area (Å²) in [6.45, 7) is 9.67. The Morgan fingerprint density at radius 2 is 2.28 bits per heavy atom. The van der Waals surface area contributed by atoms with Crippen LogP contribution in [0.5, 0.6) is 0 Å². The van der Waals surface area contributed by atoms with E-state index in [4.69, 9.17) is 4.74 Å². The van der Waals surface area contributed by atoms with Gasteiger partial charge in [-0.25, -0.2) is 4.98 Å². The van der Waals surface area contributed by atoms with Gasteiger partial charge < -0.3 is 14.7 Å². The quantitative estimate of drug-likeness (QED) is 0.873. The molecule has 1 aromatic rings. The van der Waals surface area contributed by atoms with Crippen molar-refractivity contribution in [2.75, 3.05) is 18.0 Å². The van der Waals surface area contributed by atoms with Gasteiger partial charge in [0, 0.05) is 19.3 Å². The highest BCUT2D eigenvalue weighted by molar-refractivity contribution is 5.42. The SMILES string of the molecule is CC1CN(c2cc([C@H](C)O)ccn2)CC(C)(C)O1. The van der Waals surface area contributed by atoms with Crippen molar-refractivity contribution in [2.45, 2.75) is 45.5 Å². The van der Waals surface area contributed by atoms with Crippen LogP contribution in [0.3, 0.4) is 0 Å². The van der Waals surface area contributed by atoms with Gasteiger partial charge in [-0.3, -0.25) is 0 Å². The first kappa shape index (κ1) is 13.3. The number of hydrogen-bond acceptors (Lipinski definition) is 4. The Kier molecular flexibility index (Phi) is 3.59. The molecule has 1 fully saturated rings. The smallest absolute Gasteiger partial charge is 0.129 e. The standard InChI is InChI=1S/C14H22N2O2/c1-10-8-16(9-14(3,4)18-10)13-7-12(11(2)17)5-6-15-13/h5-7,10-11,17H,8-9H2,1-4H3/t10?,11-/m0/s1. The molecule has 4 heteroatoms. The second-order valence-corrected chi connectivity index (χ2v) is 5.69. The Morgan fingerprint density at radius 1 is 1.56 bits per heavy atom. The summed E-state index contributed by atoms with van der Waals surface area (Å²) >= 11 is 0. The van der Waals surface area contributed by atoms with E-state index in [0.717, 1.165) is 24.5 Å². The summed E-state index contributed by atoms with van der Waals surface area (Å²) in [4.78, 5) is 6.63. The number of anilines is 1. The van der Waals surface area contributed by atoms with E-state index >= 15 is 0 Å². The number of aromatic nitrogens is 1. The molecule has 0 aliphatic carbocycles. The van der Waals surface area contributed by atoms with E-state index in [1.54, 1.807) is 13.1 Å². The van der Waals surface area contributed by atoms with Crippen LogP contribution in [-0.4, -0.2) is 34.9 Å². The number of ether oxygens (including phenoxy) is 1. The summed E-state index contributed by atoms with van der Waals surface area (Å²) in [5.74, 6) is 0.914. The van der Waals surface area contributed by atoms with Gasteiger partial charge >= 0.3 is 0 Å². The zero-order valence-corrected chi connectivity index (χ0v) is 11.6. The fourth-order valence-corrected chi connectivity index (χ4v) is 2.50. The van der Waals surface area contributed by atoms with Crippen LogP contribution in [-0.2, 0) is 4.74 Å². The molecule has 0 radical (unpaired) electrons. The summed E-state index contributed by atoms with van der Waals surface area (Å²) in [6, 6.07) is 3.81. The second kappa shape index (κ2) is 4.86. The number of hydrogen-bond donors (Lipinski definition) is 1. The summed E-state index contributed by atoms with van der Waals surface area (Å²) in [5, 5.41) is 9.63. The van der Waals surface area contributed by atoms with Gasteiger partial charge in [-0.2, -0.15) is 0 Å². The lowest BCUT2D eigenvalue weighted by atomic mass is 10.1. The van der Waals surface area contributed by atoms with Gasteiger partial charge in [-0.1, -0.05) is 0 Å². The zero-order chi connectivity index (χ0) is 13.3. The Morgan fingerprint density at radius 3 is 2.89 bits per heavy atom. The lowest BCUT2D eigenvalue weighted by Gasteiger charge is -2.42. The zero-order valence-electron chi connectivity index (χ0n) is 11.6. The topological polar surface area (TPSA) is 45.6 Å². The summed E-state index contributed by atoms with van der Waals surface area (Å²) in [7, 11) is 0. The fourth-order valence-electron chi connectivity index (χ4n) is 2.50. The average Bonchev–Trinajstić information content (AvgIpc) is 2.26. The van der Waals surface area contributed by atoms with Gasteiger partial charge in [0.15, 0.2) is 0 Å². The first-order valence-corrected chi connectivity index (χ1v) is 6.44. The monoisotopic (exact) mass is 250 g/mol. The largest absolute Gasteiger partial charge is 0.389 e. The van der Waals surface area contributed by atoms with E-state index in [-0.39, 0.29) is 11.7 Å². The van der Waals surface area contributed by atoms with Gasteiger partial charge in [0.2, 0.25) is 0 Å². The first-order valence-electron chi connectivity index (χ1n) is 6.44. The van der Waals surface area contributed by atoms with Crippen LogP contribution in [0.2, 0.25) is 0 Å². The molecule has 100 valence electrons. The third-order valence-corrected chi connectivity index (χ3v) is 3.15. The molecule has 0 bridgehead atoms. The predicted octanol–water partition coefficient (Wildman–Crippen LogP) is 2.14. The Labute approximate surface area is 109 Å². The summed E-state index contributed by atoms with van der Waals surface area (Å²) in [5.41, 5.74) is 0.733. The minimum Gasteiger partial charge on any atom is -0.389 e. The molecular weight excluding hydrogens is 228 g/mol. The number of aliphatic hydroxyl groups is 1. The van der Waals surface area contributed by atoms with Crippen molar-refractivity contribution in [3.05, 3.63) is 23.9 Å². The molecule has 2 atom stereocenters. The Hall–Kier alpha value is -1.13. The highest BCUT2D eigenvalue weighted by Crippen LogP contribution is 2.26. The molecule has 1 N–H and O–H groups in total. The molecule has 0 amide bonds. The van der Waals surface area contributed by atoms with Gasteiger partial charge in [0.25, 0.3) is 0 Å². The number of morpholine rings is 1. The maximum absolute atomic E-state index is 9.63. The molecule has 1 aromatic heterocycles. The van der Waals surface area contributed by atoms with Crippen molar-refractivity contribution in [1.29, 1.82) is 0 Å². The van der Waals surface area contributed by atoms with E-state index in [1.807, 2.05) is 12.1 Å². The van der Waals surface area contributed by atoms with Crippen LogP contribution >= 0.6 is 0 Å². The minimum atomic E-state index is -0.460. The Balaban J connectivity index is 2.23. The first-order chi connectivity index (χ1) is 8.37. The summed E-state index contributed by atoms with van der Waals surface area (Å²) < 4.78 is 5.88. The highest BCUT2D eigenvalue weighted by Gasteiger charge is 2.31. The van der Waals surface area contributed by atoms with Crippen molar-refractivity contribution in [3.8, 4) is 0 Å². The molecule has 1 aliphatic heterocycles. The van der Waals surface area contributed by atoms with E-state index in [9.17, 15) is 5.11 Å².